The fourth-order valence-electron chi connectivity index (χ4n) is 2.42. The van der Waals surface area contributed by atoms with Crippen molar-refractivity contribution in [3.63, 3.8) is 0 Å². The van der Waals surface area contributed by atoms with Crippen LogP contribution in [0.25, 0.3) is 0 Å². The van der Waals surface area contributed by atoms with Crippen molar-refractivity contribution in [3.8, 4) is 0 Å². The van der Waals surface area contributed by atoms with E-state index in [4.69, 9.17) is 0 Å². The molecule has 2 aliphatic rings. The maximum Gasteiger partial charge on any atom is 0.266 e. The van der Waals surface area contributed by atoms with Gasteiger partial charge in [-0.1, -0.05) is 0 Å². The van der Waals surface area contributed by atoms with Crippen LogP contribution in [-0.2, 0) is 0 Å². The van der Waals surface area contributed by atoms with Gasteiger partial charge in [-0.25, -0.2) is 4.98 Å². The van der Waals surface area contributed by atoms with E-state index in [0.717, 1.165) is 45.1 Å². The first-order chi connectivity index (χ1) is 8.75. The van der Waals surface area contributed by atoms with Gasteiger partial charge in [0.15, 0.2) is 0 Å². The van der Waals surface area contributed by atoms with E-state index in [9.17, 15) is 4.79 Å². The van der Waals surface area contributed by atoms with E-state index in [1.807, 2.05) is 0 Å². The SMILES string of the molecule is O=c1[nH]cnc(N2CCN(C3CNC3)CC2)c1I. The second kappa shape index (κ2) is 5.14. The van der Waals surface area contributed by atoms with E-state index < -0.39 is 0 Å². The number of hydrogen-bond donors (Lipinski definition) is 2. The highest BCUT2D eigenvalue weighted by atomic mass is 127. The van der Waals surface area contributed by atoms with Gasteiger partial charge in [0, 0.05) is 45.3 Å². The van der Waals surface area contributed by atoms with Crippen molar-refractivity contribution in [2.45, 2.75) is 6.04 Å². The molecule has 7 heteroatoms. The molecule has 0 amide bonds. The molecule has 0 atom stereocenters. The van der Waals surface area contributed by atoms with Crippen LogP contribution in [0.2, 0.25) is 0 Å². The zero-order valence-electron chi connectivity index (χ0n) is 10.0. The van der Waals surface area contributed by atoms with Crippen LogP contribution >= 0.6 is 22.6 Å². The highest BCUT2D eigenvalue weighted by Gasteiger charge is 2.28. The van der Waals surface area contributed by atoms with Crippen molar-refractivity contribution >= 4 is 28.4 Å². The third-order valence-electron chi connectivity index (χ3n) is 3.67. The molecule has 0 radical (unpaired) electrons. The van der Waals surface area contributed by atoms with Gasteiger partial charge in [0.2, 0.25) is 0 Å². The minimum Gasteiger partial charge on any atom is -0.353 e. The second-order valence-corrected chi connectivity index (χ2v) is 5.78. The maximum atomic E-state index is 11.6. The van der Waals surface area contributed by atoms with Gasteiger partial charge in [-0.2, -0.15) is 0 Å². The lowest BCUT2D eigenvalue weighted by molar-refractivity contribution is 0.137. The van der Waals surface area contributed by atoms with Crippen LogP contribution in [-0.4, -0.2) is 60.2 Å². The van der Waals surface area contributed by atoms with Crippen molar-refractivity contribution in [2.24, 2.45) is 0 Å². The van der Waals surface area contributed by atoms with Crippen LogP contribution in [0.1, 0.15) is 0 Å². The Labute approximate surface area is 119 Å². The summed E-state index contributed by atoms with van der Waals surface area (Å²) in [4.78, 5) is 23.2. The van der Waals surface area contributed by atoms with Crippen LogP contribution in [0.5, 0.6) is 0 Å². The molecule has 1 aromatic heterocycles. The van der Waals surface area contributed by atoms with Crippen LogP contribution in [0.4, 0.5) is 5.82 Å². The Bertz CT molecular complexity index is 479. The molecule has 18 heavy (non-hydrogen) atoms. The van der Waals surface area contributed by atoms with E-state index in [1.165, 1.54) is 6.33 Å². The van der Waals surface area contributed by atoms with E-state index in [1.54, 1.807) is 0 Å². The van der Waals surface area contributed by atoms with Gasteiger partial charge in [0.25, 0.3) is 5.56 Å². The summed E-state index contributed by atoms with van der Waals surface area (Å²) < 4.78 is 0.689. The highest BCUT2D eigenvalue weighted by Crippen LogP contribution is 2.18. The standard InChI is InChI=1S/C11H16IN5O/c12-9-10(14-7-15-11(9)18)17-3-1-16(2-4-17)8-5-13-6-8/h7-8,13H,1-6H2,(H,14,15,18). The fourth-order valence-corrected chi connectivity index (χ4v) is 3.06. The topological polar surface area (TPSA) is 64.3 Å². The smallest absolute Gasteiger partial charge is 0.266 e. The summed E-state index contributed by atoms with van der Waals surface area (Å²) in [5.41, 5.74) is -0.0498. The summed E-state index contributed by atoms with van der Waals surface area (Å²) in [5.74, 6) is 0.825. The molecule has 3 heterocycles. The number of H-pyrrole nitrogens is 1. The molecular formula is C11H16IN5O. The number of hydrogen-bond acceptors (Lipinski definition) is 5. The number of anilines is 1. The van der Waals surface area contributed by atoms with Crippen molar-refractivity contribution in [1.29, 1.82) is 0 Å². The predicted octanol–water partition coefficient (Wildman–Crippen LogP) is -0.532. The quantitative estimate of drug-likeness (QED) is 0.694. The van der Waals surface area contributed by atoms with Crippen LogP contribution in [0.3, 0.4) is 0 Å². The Morgan fingerprint density at radius 2 is 2.00 bits per heavy atom. The average Bonchev–Trinajstić information content (AvgIpc) is 2.32. The normalized spacial score (nSPS) is 21.9. The molecule has 98 valence electrons. The van der Waals surface area contributed by atoms with E-state index in [0.29, 0.717) is 9.61 Å². The molecule has 2 saturated heterocycles. The fraction of sp³-hybridized carbons (Fsp3) is 0.636. The first-order valence-electron chi connectivity index (χ1n) is 6.18. The molecule has 0 unspecified atom stereocenters. The number of halogens is 1. The summed E-state index contributed by atoms with van der Waals surface area (Å²) in [6.45, 7) is 6.22. The van der Waals surface area contributed by atoms with Crippen molar-refractivity contribution in [3.05, 3.63) is 20.3 Å². The minimum atomic E-state index is -0.0498. The Hall–Kier alpha value is -0.670. The molecule has 3 rings (SSSR count). The van der Waals surface area contributed by atoms with Gasteiger partial charge in [-0.15, -0.1) is 0 Å². The zero-order valence-corrected chi connectivity index (χ0v) is 12.2. The zero-order chi connectivity index (χ0) is 12.5. The minimum absolute atomic E-state index is 0.0498. The molecule has 2 fully saturated rings. The number of aromatic nitrogens is 2. The maximum absolute atomic E-state index is 11.6. The third-order valence-corrected chi connectivity index (χ3v) is 4.64. The summed E-state index contributed by atoms with van der Waals surface area (Å²) in [5, 5.41) is 3.30. The van der Waals surface area contributed by atoms with Gasteiger partial charge < -0.3 is 15.2 Å². The number of nitrogens with one attached hydrogen (secondary N) is 2. The molecule has 0 bridgehead atoms. The van der Waals surface area contributed by atoms with Gasteiger partial charge >= 0.3 is 0 Å². The van der Waals surface area contributed by atoms with Crippen molar-refractivity contribution < 1.29 is 0 Å². The largest absolute Gasteiger partial charge is 0.353 e. The summed E-state index contributed by atoms with van der Waals surface area (Å²) in [6.07, 6.45) is 1.49. The van der Waals surface area contributed by atoms with Crippen LogP contribution in [0.15, 0.2) is 11.1 Å². The Morgan fingerprint density at radius 3 is 2.61 bits per heavy atom. The van der Waals surface area contributed by atoms with Crippen LogP contribution in [0, 0.1) is 3.57 Å². The Morgan fingerprint density at radius 1 is 1.28 bits per heavy atom. The number of aromatic amines is 1. The molecule has 2 aliphatic heterocycles. The lowest BCUT2D eigenvalue weighted by Crippen LogP contribution is -2.61. The highest BCUT2D eigenvalue weighted by molar-refractivity contribution is 14.1. The predicted molar refractivity (Wildman–Crippen MR) is 78.0 cm³/mol. The number of nitrogens with zero attached hydrogens (tertiary/aromatic N) is 3. The Kier molecular flexibility index (Phi) is 3.53. The summed E-state index contributed by atoms with van der Waals surface area (Å²) in [6, 6.07) is 0.707. The van der Waals surface area contributed by atoms with E-state index >= 15 is 0 Å². The van der Waals surface area contributed by atoms with Crippen molar-refractivity contribution in [1.82, 2.24) is 20.2 Å². The van der Waals surface area contributed by atoms with E-state index in [2.05, 4.69) is 47.7 Å². The Balaban J connectivity index is 1.68. The first-order valence-corrected chi connectivity index (χ1v) is 7.26. The molecule has 1 aromatic rings. The molecule has 0 saturated carbocycles. The number of piperazine rings is 1. The molecule has 0 aromatic carbocycles. The monoisotopic (exact) mass is 361 g/mol. The van der Waals surface area contributed by atoms with Gasteiger partial charge in [0.05, 0.1) is 6.33 Å². The molecular weight excluding hydrogens is 345 g/mol. The van der Waals surface area contributed by atoms with Crippen LogP contribution < -0.4 is 15.8 Å². The first kappa shape index (κ1) is 12.4. The number of rotatable bonds is 2. The van der Waals surface area contributed by atoms with Gasteiger partial charge in [-0.3, -0.25) is 9.69 Å². The van der Waals surface area contributed by atoms with Crippen molar-refractivity contribution in [2.75, 3.05) is 44.2 Å². The third kappa shape index (κ3) is 2.26. The molecule has 0 spiro atoms. The average molecular weight is 361 g/mol. The molecule has 2 N–H and O–H groups in total. The second-order valence-electron chi connectivity index (χ2n) is 4.70. The van der Waals surface area contributed by atoms with E-state index in [-0.39, 0.29) is 5.56 Å². The summed E-state index contributed by atoms with van der Waals surface area (Å²) >= 11 is 2.07. The summed E-state index contributed by atoms with van der Waals surface area (Å²) in [7, 11) is 0. The lowest BCUT2D eigenvalue weighted by atomic mass is 10.1. The molecule has 6 nitrogen and oxygen atoms in total. The van der Waals surface area contributed by atoms with Gasteiger partial charge in [0.1, 0.15) is 9.39 Å². The lowest BCUT2D eigenvalue weighted by Gasteiger charge is -2.43. The molecule has 0 aliphatic carbocycles. The van der Waals surface area contributed by atoms with Gasteiger partial charge in [-0.05, 0) is 22.6 Å².